The van der Waals surface area contributed by atoms with E-state index in [1.54, 1.807) is 0 Å². The van der Waals surface area contributed by atoms with Gasteiger partial charge in [-0.2, -0.15) is 5.10 Å². The summed E-state index contributed by atoms with van der Waals surface area (Å²) in [6.07, 6.45) is 0. The van der Waals surface area contributed by atoms with Crippen LogP contribution >= 0.6 is 11.6 Å². The zero-order chi connectivity index (χ0) is 34.4. The van der Waals surface area contributed by atoms with E-state index in [0.29, 0.717) is 17.0 Å². The number of aromatic hydroxyl groups is 1. The Labute approximate surface area is 271 Å². The van der Waals surface area contributed by atoms with Crippen LogP contribution in [0.5, 0.6) is 5.75 Å². The van der Waals surface area contributed by atoms with E-state index in [2.05, 4.69) is 24.9 Å². The summed E-state index contributed by atoms with van der Waals surface area (Å²) in [4.78, 5) is 45.0. The normalized spacial score (nSPS) is 13.6. The maximum Gasteiger partial charge on any atom is 0.341 e. The lowest BCUT2D eigenvalue weighted by molar-refractivity contribution is 0.0595. The Morgan fingerprint density at radius 2 is 1.60 bits per heavy atom. The van der Waals surface area contributed by atoms with Crippen molar-refractivity contribution in [1.82, 2.24) is 14.9 Å². The van der Waals surface area contributed by atoms with Gasteiger partial charge in [-0.15, -0.1) is 9.89 Å². The molecule has 0 saturated carbocycles. The van der Waals surface area contributed by atoms with Gasteiger partial charge in [0.1, 0.15) is 17.0 Å². The third kappa shape index (κ3) is 6.54. The van der Waals surface area contributed by atoms with E-state index in [0.717, 1.165) is 25.3 Å². The number of halogens is 1. The number of aromatic carboxylic acids is 2. The molecule has 0 radical (unpaired) electrons. The third-order valence-corrected chi connectivity index (χ3v) is 8.38. The highest BCUT2D eigenvalue weighted by molar-refractivity contribution is 7.92. The number of anilines is 1. The molecule has 47 heavy (non-hydrogen) atoms. The molecule has 1 aliphatic rings. The first-order valence-corrected chi connectivity index (χ1v) is 15.4. The summed E-state index contributed by atoms with van der Waals surface area (Å²) in [5.41, 5.74) is -0.0354. The summed E-state index contributed by atoms with van der Waals surface area (Å²) in [7, 11) is -3.21. The number of rotatable bonds is 8. The summed E-state index contributed by atoms with van der Waals surface area (Å²) in [5.74, 6) is -3.74. The number of carbonyl (C=O) groups excluding carboxylic acids is 1. The summed E-state index contributed by atoms with van der Waals surface area (Å²) in [6, 6.07) is 11.2. The number of carboxylic acids is 2. The molecule has 0 fully saturated rings. The molecule has 242 valence electrons. The van der Waals surface area contributed by atoms with E-state index < -0.39 is 55.1 Å². The lowest BCUT2D eigenvalue weighted by atomic mass is 9.87. The number of esters is 1. The molecule has 0 atom stereocenters. The van der Waals surface area contributed by atoms with Crippen molar-refractivity contribution in [1.29, 1.82) is 0 Å². The Morgan fingerprint density at radius 1 is 0.979 bits per heavy atom. The first kappa shape index (κ1) is 32.8. The molecule has 0 spiro atoms. The molecule has 2 heterocycles. The molecule has 0 saturated heterocycles. The predicted octanol–water partition coefficient (Wildman–Crippen LogP) is 4.67. The number of methoxy groups -OCH3 is 1. The van der Waals surface area contributed by atoms with Gasteiger partial charge in [-0.05, 0) is 54.6 Å². The molecule has 17 heteroatoms. The highest BCUT2D eigenvalue weighted by Crippen LogP contribution is 2.35. The minimum atomic E-state index is -4.37. The maximum atomic E-state index is 13.0. The Hall–Kier alpha value is -5.61. The van der Waals surface area contributed by atoms with Gasteiger partial charge in [-0.25, -0.2) is 32.8 Å². The van der Waals surface area contributed by atoms with Crippen LogP contribution in [-0.4, -0.2) is 75.1 Å². The SMILES string of the molecule is COC(=O)c1cc(N=C2C(C(C)(C)C)=Nn3nc(-c4ccc(NS(=O)(=O)c5cc(C(=O)O)cc(C(=O)O)c5)cc4)nc32)cc(Cl)c1O. The van der Waals surface area contributed by atoms with Crippen molar-refractivity contribution in [2.24, 2.45) is 15.5 Å². The molecule has 1 aliphatic heterocycles. The summed E-state index contributed by atoms with van der Waals surface area (Å²) in [6.45, 7) is 5.75. The predicted molar refractivity (Wildman–Crippen MR) is 170 cm³/mol. The molecule has 0 amide bonds. The Kier molecular flexibility index (Phi) is 8.34. The number of carboxylic acid groups (broad SMARTS) is 2. The first-order chi connectivity index (χ1) is 22.0. The van der Waals surface area contributed by atoms with Crippen LogP contribution in [-0.2, 0) is 14.8 Å². The number of fused-ring (bicyclic) bond motifs is 1. The third-order valence-electron chi connectivity index (χ3n) is 6.73. The number of phenolic OH excluding ortho intramolecular Hbond substituents is 1. The molecule has 15 nitrogen and oxygen atoms in total. The number of hydrogen-bond acceptors (Lipinski definition) is 11. The van der Waals surface area contributed by atoms with E-state index >= 15 is 0 Å². The van der Waals surface area contributed by atoms with Crippen LogP contribution in [0.2, 0.25) is 5.02 Å². The number of hydrogen-bond donors (Lipinski definition) is 4. The van der Waals surface area contributed by atoms with Crippen LogP contribution in [0.25, 0.3) is 11.4 Å². The van der Waals surface area contributed by atoms with Crippen molar-refractivity contribution < 1.29 is 42.9 Å². The molecule has 0 aliphatic carbocycles. The van der Waals surface area contributed by atoms with Crippen molar-refractivity contribution in [3.05, 3.63) is 82.1 Å². The molecule has 4 aromatic rings. The van der Waals surface area contributed by atoms with Crippen LogP contribution in [0.3, 0.4) is 0 Å². The minimum absolute atomic E-state index is 0.0963. The molecule has 3 aromatic carbocycles. The fourth-order valence-electron chi connectivity index (χ4n) is 4.45. The lowest BCUT2D eigenvalue weighted by Crippen LogP contribution is -2.27. The van der Waals surface area contributed by atoms with Gasteiger partial charge < -0.3 is 20.1 Å². The van der Waals surface area contributed by atoms with Crippen molar-refractivity contribution in [3.8, 4) is 17.1 Å². The van der Waals surface area contributed by atoms with Gasteiger partial charge in [0.25, 0.3) is 10.0 Å². The minimum Gasteiger partial charge on any atom is -0.505 e. The number of sulfonamides is 1. The Morgan fingerprint density at radius 3 is 2.15 bits per heavy atom. The number of phenols is 1. The van der Waals surface area contributed by atoms with Gasteiger partial charge in [0.2, 0.25) is 5.82 Å². The van der Waals surface area contributed by atoms with E-state index in [1.165, 1.54) is 41.2 Å². The molecule has 0 bridgehead atoms. The van der Waals surface area contributed by atoms with Gasteiger partial charge in [0.15, 0.2) is 5.82 Å². The first-order valence-electron chi connectivity index (χ1n) is 13.5. The van der Waals surface area contributed by atoms with Gasteiger partial charge in [-0.1, -0.05) is 32.4 Å². The van der Waals surface area contributed by atoms with Crippen LogP contribution in [0, 0.1) is 5.41 Å². The van der Waals surface area contributed by atoms with Gasteiger partial charge >= 0.3 is 17.9 Å². The standard InChI is InChI=1S/C30H25ClN6O9S/c1-30(2,3)24-22(32-18-12-20(29(43)46-4)23(38)21(31)13-18)26-33-25(35-37(26)34-24)14-5-7-17(8-6-14)36-47(44,45)19-10-15(27(39)40)9-16(11-19)28(41)42/h5-13,36,38H,1-4H3,(H,39,40)(H,41,42). The van der Waals surface area contributed by atoms with E-state index in [4.69, 9.17) is 16.3 Å². The Bertz CT molecular complexity index is 2120. The quantitative estimate of drug-likeness (QED) is 0.187. The summed E-state index contributed by atoms with van der Waals surface area (Å²) in [5, 5.41) is 37.7. The van der Waals surface area contributed by atoms with Crippen LogP contribution < -0.4 is 4.72 Å². The van der Waals surface area contributed by atoms with Crippen LogP contribution in [0.4, 0.5) is 11.4 Å². The molecule has 4 N–H and O–H groups in total. The molecular weight excluding hydrogens is 656 g/mol. The smallest absolute Gasteiger partial charge is 0.341 e. The Balaban J connectivity index is 1.47. The van der Waals surface area contributed by atoms with Crippen molar-refractivity contribution in [3.63, 3.8) is 0 Å². The van der Waals surface area contributed by atoms with Crippen molar-refractivity contribution >= 4 is 62.3 Å². The largest absolute Gasteiger partial charge is 0.505 e. The number of benzene rings is 3. The zero-order valence-electron chi connectivity index (χ0n) is 25.0. The van der Waals surface area contributed by atoms with Gasteiger partial charge in [0.05, 0.1) is 39.6 Å². The molecule has 0 unspecified atom stereocenters. The average Bonchev–Trinajstić information content (AvgIpc) is 3.57. The number of aliphatic imine (C=N–C) groups is 1. The summed E-state index contributed by atoms with van der Waals surface area (Å²) < 4.78 is 33.1. The van der Waals surface area contributed by atoms with E-state index in [1.807, 2.05) is 20.8 Å². The molecule has 1 aromatic heterocycles. The highest BCUT2D eigenvalue weighted by Gasteiger charge is 2.35. The second-order valence-corrected chi connectivity index (χ2v) is 13.3. The van der Waals surface area contributed by atoms with Gasteiger partial charge in [-0.3, -0.25) is 4.72 Å². The van der Waals surface area contributed by atoms with E-state index in [-0.39, 0.29) is 33.6 Å². The monoisotopic (exact) mass is 680 g/mol. The zero-order valence-corrected chi connectivity index (χ0v) is 26.6. The molecular formula is C30H25ClN6O9S. The van der Waals surface area contributed by atoms with Crippen molar-refractivity contribution in [2.45, 2.75) is 25.7 Å². The maximum absolute atomic E-state index is 13.0. The average molecular weight is 681 g/mol. The number of aromatic nitrogens is 3. The fraction of sp³-hybridized carbons (Fsp3) is 0.167. The number of ether oxygens (including phenoxy) is 1. The lowest BCUT2D eigenvalue weighted by Gasteiger charge is -2.18. The topological polar surface area (TPSA) is 223 Å². The van der Waals surface area contributed by atoms with E-state index in [9.17, 15) is 38.1 Å². The summed E-state index contributed by atoms with van der Waals surface area (Å²) >= 11 is 6.16. The van der Waals surface area contributed by atoms with Crippen LogP contribution in [0.1, 0.15) is 57.7 Å². The number of nitrogens with one attached hydrogen (secondary N) is 1. The number of carbonyl (C=O) groups is 3. The fourth-order valence-corrected chi connectivity index (χ4v) is 5.79. The van der Waals surface area contributed by atoms with Crippen LogP contribution in [0.15, 0.2) is 69.6 Å². The second kappa shape index (κ2) is 12.0. The molecule has 5 rings (SSSR count). The second-order valence-electron chi connectivity index (χ2n) is 11.2. The highest BCUT2D eigenvalue weighted by atomic mass is 35.5. The number of nitrogens with zero attached hydrogens (tertiary/aromatic N) is 5. The van der Waals surface area contributed by atoms with Crippen molar-refractivity contribution in [2.75, 3.05) is 11.8 Å². The van der Waals surface area contributed by atoms with Gasteiger partial charge in [0, 0.05) is 16.7 Å².